The third kappa shape index (κ3) is 1.06. The molecule has 2 heterocycles. The predicted octanol–water partition coefficient (Wildman–Crippen LogP) is 2.11. The van der Waals surface area contributed by atoms with Crippen LogP contribution >= 0.6 is 15.9 Å². The van der Waals surface area contributed by atoms with Crippen LogP contribution in [0.3, 0.4) is 0 Å². The molecule has 3 heteroatoms. The van der Waals surface area contributed by atoms with Crippen molar-refractivity contribution in [2.45, 2.75) is 11.8 Å². The normalized spacial score (nSPS) is 29.2. The number of rotatable bonds is 0. The Morgan fingerprint density at radius 1 is 1.29 bits per heavy atom. The molecule has 0 amide bonds. The van der Waals surface area contributed by atoms with Gasteiger partial charge in [0.25, 0.3) is 0 Å². The van der Waals surface area contributed by atoms with Gasteiger partial charge in [-0.2, -0.15) is 0 Å². The van der Waals surface area contributed by atoms with Crippen molar-refractivity contribution in [2.24, 2.45) is 0 Å². The van der Waals surface area contributed by atoms with E-state index in [1.54, 1.807) is 0 Å². The second-order valence-corrected chi connectivity index (χ2v) is 5.08. The molecule has 1 aromatic carbocycles. The smallest absolute Gasteiger partial charge is 0.0524 e. The molecule has 3 rings (SSSR count). The highest BCUT2D eigenvalue weighted by molar-refractivity contribution is 9.10. The molecule has 2 nitrogen and oxygen atoms in total. The van der Waals surface area contributed by atoms with Crippen molar-refractivity contribution in [3.8, 4) is 0 Å². The molecule has 1 saturated heterocycles. The molecule has 0 bridgehead atoms. The van der Waals surface area contributed by atoms with Gasteiger partial charge in [0.15, 0.2) is 0 Å². The van der Waals surface area contributed by atoms with Crippen molar-refractivity contribution in [1.82, 2.24) is 5.32 Å². The van der Waals surface area contributed by atoms with Crippen molar-refractivity contribution in [2.75, 3.05) is 25.0 Å². The van der Waals surface area contributed by atoms with Gasteiger partial charge in [0.05, 0.1) is 5.69 Å². The zero-order chi connectivity index (χ0) is 9.60. The lowest BCUT2D eigenvalue weighted by atomic mass is 9.82. The van der Waals surface area contributed by atoms with Crippen LogP contribution in [0.2, 0.25) is 0 Å². The number of benzene rings is 1. The Hall–Kier alpha value is -0.540. The van der Waals surface area contributed by atoms with Gasteiger partial charge in [0.1, 0.15) is 0 Å². The number of nitrogens with one attached hydrogen (secondary N) is 2. The summed E-state index contributed by atoms with van der Waals surface area (Å²) in [6.07, 6.45) is 1.25. The first kappa shape index (κ1) is 8.74. The molecule has 0 saturated carbocycles. The van der Waals surface area contributed by atoms with Crippen LogP contribution in [0.5, 0.6) is 0 Å². The minimum atomic E-state index is 0.360. The van der Waals surface area contributed by atoms with E-state index >= 15 is 0 Å². The van der Waals surface area contributed by atoms with Crippen LogP contribution in [0, 0.1) is 0 Å². The molecular weight excluding hydrogens is 240 g/mol. The second-order valence-electron chi connectivity index (χ2n) is 4.22. The summed E-state index contributed by atoms with van der Waals surface area (Å²) in [5.74, 6) is 0. The van der Waals surface area contributed by atoms with E-state index < -0.39 is 0 Å². The maximum Gasteiger partial charge on any atom is 0.0524 e. The van der Waals surface area contributed by atoms with E-state index in [1.165, 1.54) is 22.1 Å². The first-order valence-corrected chi connectivity index (χ1v) is 5.85. The largest absolute Gasteiger partial charge is 0.383 e. The molecule has 1 spiro atoms. The molecule has 2 aliphatic rings. The molecule has 0 aromatic heterocycles. The second kappa shape index (κ2) is 2.97. The van der Waals surface area contributed by atoms with Gasteiger partial charge in [-0.15, -0.1) is 0 Å². The fourth-order valence-corrected chi connectivity index (χ4v) is 3.13. The molecule has 1 atom stereocenters. The van der Waals surface area contributed by atoms with Crippen molar-refractivity contribution in [1.29, 1.82) is 0 Å². The Balaban J connectivity index is 2.14. The van der Waals surface area contributed by atoms with Crippen molar-refractivity contribution in [3.63, 3.8) is 0 Å². The average molecular weight is 253 g/mol. The van der Waals surface area contributed by atoms with Crippen LogP contribution in [0.25, 0.3) is 0 Å². The van der Waals surface area contributed by atoms with Crippen molar-refractivity contribution in [3.05, 3.63) is 28.2 Å². The quantitative estimate of drug-likeness (QED) is 0.740. The fourth-order valence-electron chi connectivity index (χ4n) is 2.62. The number of fused-ring (bicyclic) bond motifs is 2. The highest BCUT2D eigenvalue weighted by Gasteiger charge is 2.41. The highest BCUT2D eigenvalue weighted by Crippen LogP contribution is 2.43. The zero-order valence-corrected chi connectivity index (χ0v) is 9.52. The van der Waals surface area contributed by atoms with Crippen LogP contribution in [-0.4, -0.2) is 19.6 Å². The lowest BCUT2D eigenvalue weighted by molar-refractivity contribution is 0.522. The van der Waals surface area contributed by atoms with Crippen molar-refractivity contribution >= 4 is 21.6 Å². The Labute approximate surface area is 92.2 Å². The van der Waals surface area contributed by atoms with Gasteiger partial charge in [0, 0.05) is 23.0 Å². The van der Waals surface area contributed by atoms with Gasteiger partial charge in [0.2, 0.25) is 0 Å². The van der Waals surface area contributed by atoms with E-state index in [4.69, 9.17) is 0 Å². The lowest BCUT2D eigenvalue weighted by Crippen LogP contribution is -2.30. The van der Waals surface area contributed by atoms with E-state index in [9.17, 15) is 0 Å². The summed E-state index contributed by atoms with van der Waals surface area (Å²) in [5.41, 5.74) is 3.15. The van der Waals surface area contributed by atoms with Crippen molar-refractivity contribution < 1.29 is 0 Å². The average Bonchev–Trinajstić information content (AvgIpc) is 2.78. The summed E-state index contributed by atoms with van der Waals surface area (Å²) in [5, 5.41) is 6.97. The minimum Gasteiger partial charge on any atom is -0.383 e. The third-order valence-corrected chi connectivity index (χ3v) is 4.09. The number of hydrogen-bond acceptors (Lipinski definition) is 2. The van der Waals surface area contributed by atoms with E-state index in [-0.39, 0.29) is 0 Å². The minimum absolute atomic E-state index is 0.360. The Morgan fingerprint density at radius 3 is 3.00 bits per heavy atom. The van der Waals surface area contributed by atoms with Crippen LogP contribution in [0.1, 0.15) is 12.0 Å². The molecule has 1 fully saturated rings. The summed E-state index contributed by atoms with van der Waals surface area (Å²) < 4.78 is 1.19. The Morgan fingerprint density at radius 2 is 2.21 bits per heavy atom. The zero-order valence-electron chi connectivity index (χ0n) is 7.94. The van der Waals surface area contributed by atoms with E-state index in [0.29, 0.717) is 5.41 Å². The van der Waals surface area contributed by atoms with Crippen LogP contribution in [0.4, 0.5) is 5.69 Å². The van der Waals surface area contributed by atoms with Crippen LogP contribution < -0.4 is 10.6 Å². The van der Waals surface area contributed by atoms with Gasteiger partial charge in [-0.25, -0.2) is 0 Å². The monoisotopic (exact) mass is 252 g/mol. The fraction of sp³-hybridized carbons (Fsp3) is 0.455. The topological polar surface area (TPSA) is 24.1 Å². The standard InChI is InChI=1S/C11H13BrN2/c12-9-3-1-2-8-10(9)14-7-11(8)4-5-13-6-11/h1-3,13-14H,4-7H2. The number of halogens is 1. The Bertz CT molecular complexity index is 370. The predicted molar refractivity (Wildman–Crippen MR) is 61.8 cm³/mol. The molecule has 74 valence electrons. The molecule has 0 aliphatic carbocycles. The molecular formula is C11H13BrN2. The molecule has 2 aliphatic heterocycles. The summed E-state index contributed by atoms with van der Waals surface area (Å²) in [7, 11) is 0. The summed E-state index contributed by atoms with van der Waals surface area (Å²) in [6.45, 7) is 3.34. The third-order valence-electron chi connectivity index (χ3n) is 3.43. The lowest BCUT2D eigenvalue weighted by Gasteiger charge is -2.21. The van der Waals surface area contributed by atoms with E-state index in [0.717, 1.165) is 19.6 Å². The number of para-hydroxylation sites is 1. The molecule has 1 aromatic rings. The summed E-state index contributed by atoms with van der Waals surface area (Å²) in [4.78, 5) is 0. The summed E-state index contributed by atoms with van der Waals surface area (Å²) >= 11 is 3.59. The van der Waals surface area contributed by atoms with Gasteiger partial charge in [-0.3, -0.25) is 0 Å². The first-order valence-electron chi connectivity index (χ1n) is 5.05. The van der Waals surface area contributed by atoms with Gasteiger partial charge >= 0.3 is 0 Å². The molecule has 14 heavy (non-hydrogen) atoms. The highest BCUT2D eigenvalue weighted by atomic mass is 79.9. The Kier molecular flexibility index (Phi) is 1.86. The summed E-state index contributed by atoms with van der Waals surface area (Å²) in [6, 6.07) is 6.50. The molecule has 2 N–H and O–H groups in total. The van der Waals surface area contributed by atoms with Gasteiger partial charge in [-0.05, 0) is 40.5 Å². The number of hydrogen-bond donors (Lipinski definition) is 2. The first-order chi connectivity index (χ1) is 6.82. The SMILES string of the molecule is Brc1cccc2c1NCC21CCNC1. The maximum absolute atomic E-state index is 3.59. The number of anilines is 1. The van der Waals surface area contributed by atoms with Crippen LogP contribution in [-0.2, 0) is 5.41 Å². The van der Waals surface area contributed by atoms with E-state index in [1.807, 2.05) is 0 Å². The molecule has 0 radical (unpaired) electrons. The van der Waals surface area contributed by atoms with E-state index in [2.05, 4.69) is 44.8 Å². The maximum atomic E-state index is 3.59. The van der Waals surface area contributed by atoms with Crippen LogP contribution in [0.15, 0.2) is 22.7 Å². The van der Waals surface area contributed by atoms with Gasteiger partial charge in [-0.1, -0.05) is 12.1 Å². The molecule has 1 unspecified atom stereocenters. The van der Waals surface area contributed by atoms with Gasteiger partial charge < -0.3 is 10.6 Å².